The molecule has 0 fully saturated rings. The number of rotatable bonds is 3. The van der Waals surface area contributed by atoms with Crippen molar-refractivity contribution in [2.75, 3.05) is 24.6 Å². The molecule has 1 aromatic rings. The van der Waals surface area contributed by atoms with E-state index in [1.807, 2.05) is 12.1 Å². The fourth-order valence-corrected chi connectivity index (χ4v) is 2.21. The molecule has 1 aliphatic heterocycles. The lowest BCUT2D eigenvalue weighted by Crippen LogP contribution is -2.35. The van der Waals surface area contributed by atoms with E-state index in [2.05, 4.69) is 24.0 Å². The van der Waals surface area contributed by atoms with Crippen molar-refractivity contribution >= 4 is 5.69 Å². The lowest BCUT2D eigenvalue weighted by molar-refractivity contribution is 0.322. The highest BCUT2D eigenvalue weighted by molar-refractivity contribution is 5.59. The second-order valence-electron chi connectivity index (χ2n) is 4.29. The summed E-state index contributed by atoms with van der Waals surface area (Å²) in [7, 11) is 0. The summed E-state index contributed by atoms with van der Waals surface area (Å²) in [4.78, 5) is 2.41. The molecule has 16 heavy (non-hydrogen) atoms. The number of hydrogen-bond acceptors (Lipinski definition) is 3. The maximum absolute atomic E-state index is 5.73. The zero-order valence-corrected chi connectivity index (χ0v) is 9.86. The molecule has 0 aromatic heterocycles. The summed E-state index contributed by atoms with van der Waals surface area (Å²) in [5.74, 6) is 1.00. The van der Waals surface area contributed by atoms with E-state index in [1.165, 1.54) is 5.69 Å². The first kappa shape index (κ1) is 11.3. The molecule has 88 valence electrons. The lowest BCUT2D eigenvalue weighted by atomic mass is 10.1. The Morgan fingerprint density at radius 3 is 3.06 bits per heavy atom. The highest BCUT2D eigenvalue weighted by Crippen LogP contribution is 2.32. The number of para-hydroxylation sites is 2. The van der Waals surface area contributed by atoms with Crippen LogP contribution in [0.3, 0.4) is 0 Å². The molecule has 1 unspecified atom stereocenters. The molecule has 1 heterocycles. The van der Waals surface area contributed by atoms with Crippen molar-refractivity contribution in [3.63, 3.8) is 0 Å². The first-order valence-electron chi connectivity index (χ1n) is 6.01. The van der Waals surface area contributed by atoms with Gasteiger partial charge in [0.2, 0.25) is 0 Å². The first-order valence-corrected chi connectivity index (χ1v) is 6.01. The van der Waals surface area contributed by atoms with Gasteiger partial charge in [0.1, 0.15) is 5.75 Å². The number of ether oxygens (including phenoxy) is 1. The van der Waals surface area contributed by atoms with E-state index in [9.17, 15) is 0 Å². The van der Waals surface area contributed by atoms with E-state index in [0.717, 1.165) is 38.3 Å². The minimum Gasteiger partial charge on any atom is -0.491 e. The third-order valence-electron chi connectivity index (χ3n) is 3.09. The summed E-state index contributed by atoms with van der Waals surface area (Å²) in [6.07, 6.45) is 2.10. The van der Waals surface area contributed by atoms with Gasteiger partial charge >= 0.3 is 0 Å². The van der Waals surface area contributed by atoms with Gasteiger partial charge < -0.3 is 15.4 Å². The van der Waals surface area contributed by atoms with Gasteiger partial charge in [0, 0.05) is 12.6 Å². The standard InChI is InChI=1S/C13H20N2O/c1-11(7-8-14)15-9-4-10-16-13-6-3-2-5-12(13)15/h2-3,5-6,11H,4,7-10,14H2,1H3. The van der Waals surface area contributed by atoms with E-state index < -0.39 is 0 Å². The number of nitrogens with zero attached hydrogens (tertiary/aromatic N) is 1. The van der Waals surface area contributed by atoms with Gasteiger partial charge in [-0.05, 0) is 38.4 Å². The van der Waals surface area contributed by atoms with Crippen molar-refractivity contribution < 1.29 is 4.74 Å². The third-order valence-corrected chi connectivity index (χ3v) is 3.09. The number of nitrogens with two attached hydrogens (primary N) is 1. The zero-order chi connectivity index (χ0) is 11.4. The minimum absolute atomic E-state index is 0.479. The summed E-state index contributed by atoms with van der Waals surface area (Å²) < 4.78 is 5.73. The van der Waals surface area contributed by atoms with E-state index in [4.69, 9.17) is 10.5 Å². The van der Waals surface area contributed by atoms with Gasteiger partial charge in [0.25, 0.3) is 0 Å². The summed E-state index contributed by atoms with van der Waals surface area (Å²) in [6.45, 7) is 4.83. The normalized spacial score (nSPS) is 17.2. The molecule has 0 saturated heterocycles. The van der Waals surface area contributed by atoms with Crippen LogP contribution in [0.2, 0.25) is 0 Å². The number of hydrogen-bond donors (Lipinski definition) is 1. The maximum Gasteiger partial charge on any atom is 0.142 e. The second-order valence-corrected chi connectivity index (χ2v) is 4.29. The Hall–Kier alpha value is -1.22. The average molecular weight is 220 g/mol. The van der Waals surface area contributed by atoms with Gasteiger partial charge in [-0.3, -0.25) is 0 Å². The van der Waals surface area contributed by atoms with Gasteiger partial charge in [-0.1, -0.05) is 12.1 Å². The van der Waals surface area contributed by atoms with Crippen LogP contribution in [0, 0.1) is 0 Å². The van der Waals surface area contributed by atoms with Gasteiger partial charge in [-0.2, -0.15) is 0 Å². The van der Waals surface area contributed by atoms with Crippen LogP contribution in [0.1, 0.15) is 19.8 Å². The minimum atomic E-state index is 0.479. The molecule has 0 spiro atoms. The van der Waals surface area contributed by atoms with Gasteiger partial charge in [0.15, 0.2) is 0 Å². The molecule has 0 amide bonds. The molecular formula is C13H20N2O. The topological polar surface area (TPSA) is 38.5 Å². The van der Waals surface area contributed by atoms with Crippen LogP contribution >= 0.6 is 0 Å². The maximum atomic E-state index is 5.73. The van der Waals surface area contributed by atoms with Gasteiger partial charge in [-0.25, -0.2) is 0 Å². The van der Waals surface area contributed by atoms with Crippen LogP contribution in [-0.2, 0) is 0 Å². The smallest absolute Gasteiger partial charge is 0.142 e. The molecule has 3 heteroatoms. The first-order chi connectivity index (χ1) is 7.83. The highest BCUT2D eigenvalue weighted by Gasteiger charge is 2.19. The predicted molar refractivity (Wildman–Crippen MR) is 67.0 cm³/mol. The molecule has 1 atom stereocenters. The molecule has 2 N–H and O–H groups in total. The number of fused-ring (bicyclic) bond motifs is 1. The fourth-order valence-electron chi connectivity index (χ4n) is 2.21. The molecular weight excluding hydrogens is 200 g/mol. The summed E-state index contributed by atoms with van der Waals surface area (Å²) in [6, 6.07) is 8.75. The van der Waals surface area contributed by atoms with Crippen molar-refractivity contribution in [1.29, 1.82) is 0 Å². The van der Waals surface area contributed by atoms with E-state index in [1.54, 1.807) is 0 Å². The van der Waals surface area contributed by atoms with Crippen molar-refractivity contribution in [1.82, 2.24) is 0 Å². The zero-order valence-electron chi connectivity index (χ0n) is 9.86. The Morgan fingerprint density at radius 2 is 2.25 bits per heavy atom. The van der Waals surface area contributed by atoms with Crippen molar-refractivity contribution in [2.45, 2.75) is 25.8 Å². The molecule has 1 aromatic carbocycles. The SMILES string of the molecule is CC(CCN)N1CCCOc2ccccc21. The lowest BCUT2D eigenvalue weighted by Gasteiger charge is -2.30. The van der Waals surface area contributed by atoms with Crippen LogP contribution < -0.4 is 15.4 Å². The van der Waals surface area contributed by atoms with Crippen molar-refractivity contribution in [3.8, 4) is 5.75 Å². The monoisotopic (exact) mass is 220 g/mol. The molecule has 1 aliphatic rings. The Labute approximate surface area is 97.2 Å². The largest absolute Gasteiger partial charge is 0.491 e. The van der Waals surface area contributed by atoms with Crippen LogP contribution in [0.5, 0.6) is 5.75 Å². The Kier molecular flexibility index (Phi) is 3.67. The molecule has 0 saturated carbocycles. The van der Waals surface area contributed by atoms with E-state index >= 15 is 0 Å². The Bertz CT molecular complexity index is 340. The quantitative estimate of drug-likeness (QED) is 0.847. The summed E-state index contributed by atoms with van der Waals surface area (Å²) in [5.41, 5.74) is 6.85. The van der Waals surface area contributed by atoms with E-state index in [0.29, 0.717) is 6.04 Å². The van der Waals surface area contributed by atoms with Crippen molar-refractivity contribution in [2.24, 2.45) is 5.73 Å². The van der Waals surface area contributed by atoms with Gasteiger partial charge in [-0.15, -0.1) is 0 Å². The van der Waals surface area contributed by atoms with Crippen LogP contribution in [0.25, 0.3) is 0 Å². The number of benzene rings is 1. The fraction of sp³-hybridized carbons (Fsp3) is 0.538. The third kappa shape index (κ3) is 2.30. The Balaban J connectivity index is 2.25. The summed E-state index contributed by atoms with van der Waals surface area (Å²) >= 11 is 0. The molecule has 2 rings (SSSR count). The Morgan fingerprint density at radius 1 is 1.44 bits per heavy atom. The average Bonchev–Trinajstić information content (AvgIpc) is 2.51. The number of anilines is 1. The molecule has 0 bridgehead atoms. The molecule has 0 radical (unpaired) electrons. The summed E-state index contributed by atoms with van der Waals surface area (Å²) in [5, 5.41) is 0. The van der Waals surface area contributed by atoms with E-state index in [-0.39, 0.29) is 0 Å². The highest BCUT2D eigenvalue weighted by atomic mass is 16.5. The van der Waals surface area contributed by atoms with Gasteiger partial charge in [0.05, 0.1) is 12.3 Å². The molecule has 0 aliphatic carbocycles. The predicted octanol–water partition coefficient (Wildman–Crippen LogP) is 2.01. The second kappa shape index (κ2) is 5.21. The van der Waals surface area contributed by atoms with Crippen LogP contribution in [-0.4, -0.2) is 25.7 Å². The van der Waals surface area contributed by atoms with Crippen LogP contribution in [0.15, 0.2) is 24.3 Å². The van der Waals surface area contributed by atoms with Crippen LogP contribution in [0.4, 0.5) is 5.69 Å². The molecule has 3 nitrogen and oxygen atoms in total. The van der Waals surface area contributed by atoms with Crippen molar-refractivity contribution in [3.05, 3.63) is 24.3 Å².